The number of benzene rings is 2. The Morgan fingerprint density at radius 2 is 1.73 bits per heavy atom. The van der Waals surface area contributed by atoms with Gasteiger partial charge in [-0.05, 0) is 56.0 Å². The third-order valence-electron chi connectivity index (χ3n) is 7.42. The van der Waals surface area contributed by atoms with Crippen LogP contribution >= 0.6 is 0 Å². The van der Waals surface area contributed by atoms with Gasteiger partial charge in [-0.15, -0.1) is 0 Å². The maximum Gasteiger partial charge on any atom is 0.263 e. The Morgan fingerprint density at radius 3 is 2.52 bits per heavy atom. The van der Waals surface area contributed by atoms with Gasteiger partial charge in [0.1, 0.15) is 5.75 Å². The Labute approximate surface area is 193 Å². The molecular formula is C26H30N4O3. The van der Waals surface area contributed by atoms with Crippen molar-refractivity contribution in [3.8, 4) is 5.75 Å². The van der Waals surface area contributed by atoms with Gasteiger partial charge in [0.15, 0.2) is 0 Å². The predicted octanol–water partition coefficient (Wildman–Crippen LogP) is 3.40. The number of nitrogens with zero attached hydrogens (tertiary/aromatic N) is 3. The number of aromatic nitrogens is 1. The first-order valence-electron chi connectivity index (χ1n) is 12.1. The van der Waals surface area contributed by atoms with Crippen LogP contribution in [0, 0.1) is 0 Å². The molecule has 0 bridgehead atoms. The number of fused-ring (bicyclic) bond motifs is 8. The molecule has 2 aliphatic heterocycles. The highest BCUT2D eigenvalue weighted by Crippen LogP contribution is 2.45. The fourth-order valence-electron chi connectivity index (χ4n) is 5.73. The van der Waals surface area contributed by atoms with Gasteiger partial charge < -0.3 is 14.6 Å². The first kappa shape index (κ1) is 20.7. The molecule has 2 amide bonds. The van der Waals surface area contributed by atoms with Crippen LogP contribution in [-0.4, -0.2) is 78.0 Å². The van der Waals surface area contributed by atoms with Crippen LogP contribution in [0.15, 0.2) is 18.2 Å². The number of H-pyrrole nitrogens is 1. The molecule has 1 aliphatic carbocycles. The summed E-state index contributed by atoms with van der Waals surface area (Å²) in [6.45, 7) is 6.67. The zero-order valence-corrected chi connectivity index (χ0v) is 19.4. The van der Waals surface area contributed by atoms with E-state index in [2.05, 4.69) is 28.8 Å². The molecule has 0 saturated carbocycles. The van der Waals surface area contributed by atoms with Crippen molar-refractivity contribution in [3.05, 3.63) is 40.5 Å². The summed E-state index contributed by atoms with van der Waals surface area (Å²) in [6, 6.07) is 5.98. The summed E-state index contributed by atoms with van der Waals surface area (Å²) in [6.07, 6.45) is 3.69. The van der Waals surface area contributed by atoms with Crippen molar-refractivity contribution in [2.75, 3.05) is 46.5 Å². The van der Waals surface area contributed by atoms with Gasteiger partial charge in [0.2, 0.25) is 0 Å². The molecule has 7 heteroatoms. The molecule has 3 aliphatic rings. The molecule has 33 heavy (non-hydrogen) atoms. The molecular weight excluding hydrogens is 416 g/mol. The lowest BCUT2D eigenvalue weighted by atomic mass is 9.93. The molecule has 0 unspecified atom stereocenters. The van der Waals surface area contributed by atoms with Crippen LogP contribution in [0.25, 0.3) is 21.8 Å². The average molecular weight is 447 g/mol. The van der Waals surface area contributed by atoms with Crippen LogP contribution in [0.4, 0.5) is 0 Å². The van der Waals surface area contributed by atoms with E-state index in [4.69, 9.17) is 4.74 Å². The molecule has 7 nitrogen and oxygen atoms in total. The summed E-state index contributed by atoms with van der Waals surface area (Å²) >= 11 is 0. The van der Waals surface area contributed by atoms with Gasteiger partial charge in [0.25, 0.3) is 11.8 Å². The van der Waals surface area contributed by atoms with Gasteiger partial charge in [0, 0.05) is 31.6 Å². The fourth-order valence-corrected chi connectivity index (χ4v) is 5.73. The number of carbonyl (C=O) groups excluding carboxylic acids is 2. The SMILES string of the molecule is CCCOc1cccc2[nH]c3c4c(c5c(c3c12)C(=O)N(CN1CCN(C)CC1)C5=O)CCC4. The van der Waals surface area contributed by atoms with Gasteiger partial charge in [-0.25, -0.2) is 0 Å². The first-order valence-corrected chi connectivity index (χ1v) is 12.1. The van der Waals surface area contributed by atoms with E-state index in [9.17, 15) is 9.59 Å². The molecule has 6 rings (SSSR count). The molecule has 0 atom stereocenters. The lowest BCUT2D eigenvalue weighted by molar-refractivity contribution is 0.0476. The smallest absolute Gasteiger partial charge is 0.263 e. The third kappa shape index (κ3) is 3.09. The second-order valence-electron chi connectivity index (χ2n) is 9.56. The highest BCUT2D eigenvalue weighted by molar-refractivity contribution is 6.31. The third-order valence-corrected chi connectivity index (χ3v) is 7.42. The van der Waals surface area contributed by atoms with Crippen molar-refractivity contribution >= 4 is 33.6 Å². The normalized spacial score (nSPS) is 19.2. The monoisotopic (exact) mass is 446 g/mol. The van der Waals surface area contributed by atoms with Crippen molar-refractivity contribution in [1.82, 2.24) is 19.7 Å². The van der Waals surface area contributed by atoms with E-state index in [0.29, 0.717) is 24.4 Å². The van der Waals surface area contributed by atoms with E-state index in [1.165, 1.54) is 10.5 Å². The van der Waals surface area contributed by atoms with Gasteiger partial charge >= 0.3 is 0 Å². The Hall–Kier alpha value is -2.90. The Bertz CT molecular complexity index is 1290. The summed E-state index contributed by atoms with van der Waals surface area (Å²) in [5, 5.41) is 1.79. The van der Waals surface area contributed by atoms with Crippen molar-refractivity contribution < 1.29 is 14.3 Å². The summed E-state index contributed by atoms with van der Waals surface area (Å²) in [5.74, 6) is 0.480. The van der Waals surface area contributed by atoms with Gasteiger partial charge in [-0.1, -0.05) is 13.0 Å². The summed E-state index contributed by atoms with van der Waals surface area (Å²) in [5.41, 5.74) is 5.44. The molecule has 2 aromatic carbocycles. The lowest BCUT2D eigenvalue weighted by Gasteiger charge is -2.34. The van der Waals surface area contributed by atoms with Crippen LogP contribution in [0.3, 0.4) is 0 Å². The van der Waals surface area contributed by atoms with E-state index >= 15 is 0 Å². The number of nitrogens with one attached hydrogen (secondary N) is 1. The van der Waals surface area contributed by atoms with Gasteiger partial charge in [-0.3, -0.25) is 19.4 Å². The maximum absolute atomic E-state index is 13.8. The number of amides is 2. The molecule has 1 saturated heterocycles. The van der Waals surface area contributed by atoms with E-state index in [1.54, 1.807) is 0 Å². The summed E-state index contributed by atoms with van der Waals surface area (Å²) in [4.78, 5) is 37.1. The average Bonchev–Trinajstić information content (AvgIpc) is 3.50. The number of aromatic amines is 1. The fraction of sp³-hybridized carbons (Fsp3) is 0.462. The highest BCUT2D eigenvalue weighted by atomic mass is 16.5. The minimum absolute atomic E-state index is 0.129. The lowest BCUT2D eigenvalue weighted by Crippen LogP contribution is -2.50. The molecule has 3 aromatic rings. The number of imide groups is 1. The predicted molar refractivity (Wildman–Crippen MR) is 128 cm³/mol. The van der Waals surface area contributed by atoms with Gasteiger partial charge in [-0.2, -0.15) is 0 Å². The molecule has 3 heterocycles. The van der Waals surface area contributed by atoms with Crippen LogP contribution in [0.1, 0.15) is 51.6 Å². The van der Waals surface area contributed by atoms with Crippen LogP contribution in [0.2, 0.25) is 0 Å². The standard InChI is InChI=1S/C26H30N4O3/c1-3-14-33-19-9-5-8-18-21(19)22-23-20(16-6-4-7-17(16)24(22)27-18)25(31)30(26(23)32)15-29-12-10-28(2)11-13-29/h5,8-9,27H,3-4,6-7,10-15H2,1-2H3. The summed E-state index contributed by atoms with van der Waals surface area (Å²) in [7, 11) is 2.11. The van der Waals surface area contributed by atoms with E-state index < -0.39 is 0 Å². The number of rotatable bonds is 5. The van der Waals surface area contributed by atoms with Crippen molar-refractivity contribution in [1.29, 1.82) is 0 Å². The number of hydrogen-bond donors (Lipinski definition) is 1. The highest BCUT2D eigenvalue weighted by Gasteiger charge is 2.43. The van der Waals surface area contributed by atoms with Crippen LogP contribution in [0.5, 0.6) is 5.75 Å². The minimum Gasteiger partial charge on any atom is -0.493 e. The molecule has 0 radical (unpaired) electrons. The van der Waals surface area contributed by atoms with E-state index in [-0.39, 0.29) is 11.8 Å². The zero-order valence-electron chi connectivity index (χ0n) is 19.4. The Kier molecular flexibility index (Phi) is 4.92. The molecule has 1 N–H and O–H groups in total. The van der Waals surface area contributed by atoms with E-state index in [1.807, 2.05) is 18.2 Å². The van der Waals surface area contributed by atoms with Crippen molar-refractivity contribution in [2.45, 2.75) is 32.6 Å². The van der Waals surface area contributed by atoms with Gasteiger partial charge in [0.05, 0.1) is 40.8 Å². The van der Waals surface area contributed by atoms with Crippen molar-refractivity contribution in [2.24, 2.45) is 0 Å². The number of hydrogen-bond acceptors (Lipinski definition) is 5. The number of piperazine rings is 1. The summed E-state index contributed by atoms with van der Waals surface area (Å²) < 4.78 is 6.09. The number of carbonyl (C=O) groups is 2. The Balaban J connectivity index is 1.53. The number of ether oxygens (including phenoxy) is 1. The second kappa shape index (κ2) is 7.85. The molecule has 0 spiro atoms. The number of likely N-dealkylation sites (N-methyl/N-ethyl adjacent to an activating group) is 1. The Morgan fingerprint density at radius 1 is 0.970 bits per heavy atom. The second-order valence-corrected chi connectivity index (χ2v) is 9.56. The van der Waals surface area contributed by atoms with Crippen LogP contribution in [-0.2, 0) is 12.8 Å². The number of aryl methyl sites for hydroxylation is 1. The first-order chi connectivity index (χ1) is 16.1. The zero-order chi connectivity index (χ0) is 22.7. The molecule has 1 fully saturated rings. The van der Waals surface area contributed by atoms with E-state index in [0.717, 1.165) is 85.0 Å². The molecule has 1 aromatic heterocycles. The maximum atomic E-state index is 13.8. The quantitative estimate of drug-likeness (QED) is 0.609. The van der Waals surface area contributed by atoms with Crippen LogP contribution < -0.4 is 4.74 Å². The van der Waals surface area contributed by atoms with Crippen molar-refractivity contribution in [3.63, 3.8) is 0 Å². The molecule has 172 valence electrons. The topological polar surface area (TPSA) is 68.9 Å². The minimum atomic E-state index is -0.167. The largest absolute Gasteiger partial charge is 0.493 e.